The average molecular weight is 258 g/mol. The molecule has 0 aliphatic carbocycles. The molecule has 0 aromatic rings. The molecule has 0 radical (unpaired) electrons. The molecule has 0 spiro atoms. The van der Waals surface area contributed by atoms with Crippen molar-refractivity contribution >= 4 is 0 Å². The van der Waals surface area contributed by atoms with E-state index >= 15 is 0 Å². The van der Waals surface area contributed by atoms with Crippen LogP contribution in [0.15, 0.2) is 0 Å². The first-order valence-electron chi connectivity index (χ1n) is 7.56. The normalized spacial score (nSPS) is 16.8. The molecule has 0 bridgehead atoms. The van der Waals surface area contributed by atoms with Crippen LogP contribution in [-0.2, 0) is 9.78 Å². The molecule has 4 heteroatoms. The molecule has 0 amide bonds. The highest BCUT2D eigenvalue weighted by atomic mass is 17.2. The largest absolute Gasteiger partial charge is 0.304 e. The summed E-state index contributed by atoms with van der Waals surface area (Å²) in [5, 5.41) is 0. The Labute approximate surface area is 112 Å². The second kappa shape index (κ2) is 10.7. The van der Waals surface area contributed by atoms with Crippen molar-refractivity contribution in [3.63, 3.8) is 0 Å². The molecular formula is C14H30N2O2. The van der Waals surface area contributed by atoms with Crippen molar-refractivity contribution < 1.29 is 9.78 Å². The van der Waals surface area contributed by atoms with Crippen molar-refractivity contribution in [2.24, 2.45) is 0 Å². The quantitative estimate of drug-likeness (QED) is 0.322. The summed E-state index contributed by atoms with van der Waals surface area (Å²) in [7, 11) is 0. The van der Waals surface area contributed by atoms with Gasteiger partial charge in [0.15, 0.2) is 0 Å². The van der Waals surface area contributed by atoms with E-state index in [0.717, 1.165) is 45.6 Å². The molecular weight excluding hydrogens is 228 g/mol. The van der Waals surface area contributed by atoms with Crippen LogP contribution >= 0.6 is 0 Å². The number of hydrogen-bond donors (Lipinski definition) is 0. The molecule has 1 saturated heterocycles. The molecule has 0 unspecified atom stereocenters. The fraction of sp³-hybridized carbons (Fsp3) is 1.00. The van der Waals surface area contributed by atoms with Crippen LogP contribution in [-0.4, -0.2) is 62.3 Å². The highest BCUT2D eigenvalue weighted by Gasteiger charge is 2.10. The van der Waals surface area contributed by atoms with Gasteiger partial charge in [0.05, 0.1) is 13.2 Å². The zero-order chi connectivity index (χ0) is 13.1. The van der Waals surface area contributed by atoms with Gasteiger partial charge in [0.2, 0.25) is 0 Å². The van der Waals surface area contributed by atoms with E-state index < -0.39 is 0 Å². The number of likely N-dealkylation sites (tertiary alicyclic amines) is 1. The molecule has 1 fully saturated rings. The Kier molecular flexibility index (Phi) is 9.48. The predicted molar refractivity (Wildman–Crippen MR) is 74.6 cm³/mol. The lowest BCUT2D eigenvalue weighted by molar-refractivity contribution is -0.295. The van der Waals surface area contributed by atoms with Crippen LogP contribution in [0.4, 0.5) is 0 Å². The summed E-state index contributed by atoms with van der Waals surface area (Å²) in [5.41, 5.74) is 0. The number of hydrogen-bond acceptors (Lipinski definition) is 4. The summed E-state index contributed by atoms with van der Waals surface area (Å²) in [6.07, 6.45) is 4.86. The summed E-state index contributed by atoms with van der Waals surface area (Å²) in [5.74, 6) is 0. The van der Waals surface area contributed by atoms with E-state index in [0.29, 0.717) is 6.61 Å². The van der Waals surface area contributed by atoms with Gasteiger partial charge in [-0.3, -0.25) is 0 Å². The fourth-order valence-corrected chi connectivity index (χ4v) is 2.36. The Morgan fingerprint density at radius 3 is 2.17 bits per heavy atom. The zero-order valence-electron chi connectivity index (χ0n) is 12.2. The molecule has 0 aromatic carbocycles. The maximum Gasteiger partial charge on any atom is 0.0834 e. The highest BCUT2D eigenvalue weighted by Crippen LogP contribution is 2.07. The molecule has 108 valence electrons. The minimum Gasteiger partial charge on any atom is -0.304 e. The Morgan fingerprint density at radius 2 is 1.56 bits per heavy atom. The Balaban J connectivity index is 1.78. The standard InChI is InChI=1S/C14H30N2O2/c1-3-15(4-2)11-7-13-17-18-14-8-12-16-9-5-6-10-16/h3-14H2,1-2H3. The van der Waals surface area contributed by atoms with Gasteiger partial charge < -0.3 is 9.80 Å². The third kappa shape index (κ3) is 7.31. The lowest BCUT2D eigenvalue weighted by atomic mass is 10.4. The lowest BCUT2D eigenvalue weighted by Crippen LogP contribution is -2.25. The van der Waals surface area contributed by atoms with Gasteiger partial charge in [0.25, 0.3) is 0 Å². The Bertz CT molecular complexity index is 173. The topological polar surface area (TPSA) is 24.9 Å². The van der Waals surface area contributed by atoms with Crippen molar-refractivity contribution in [1.29, 1.82) is 0 Å². The molecule has 4 nitrogen and oxygen atoms in total. The van der Waals surface area contributed by atoms with Gasteiger partial charge >= 0.3 is 0 Å². The molecule has 1 aliphatic heterocycles. The smallest absolute Gasteiger partial charge is 0.0834 e. The summed E-state index contributed by atoms with van der Waals surface area (Å²) >= 11 is 0. The first-order chi connectivity index (χ1) is 8.86. The molecule has 0 atom stereocenters. The maximum atomic E-state index is 5.20. The monoisotopic (exact) mass is 258 g/mol. The van der Waals surface area contributed by atoms with Gasteiger partial charge in [-0.1, -0.05) is 13.8 Å². The van der Waals surface area contributed by atoms with Gasteiger partial charge in [-0.2, -0.15) is 0 Å². The second-order valence-corrected chi connectivity index (χ2v) is 4.93. The average Bonchev–Trinajstić information content (AvgIpc) is 2.90. The third-order valence-electron chi connectivity index (χ3n) is 3.58. The van der Waals surface area contributed by atoms with Crippen molar-refractivity contribution in [2.75, 3.05) is 52.5 Å². The fourth-order valence-electron chi connectivity index (χ4n) is 2.36. The summed E-state index contributed by atoms with van der Waals surface area (Å²) < 4.78 is 0. The summed E-state index contributed by atoms with van der Waals surface area (Å²) in [6.45, 7) is 12.9. The molecule has 0 aromatic heterocycles. The van der Waals surface area contributed by atoms with Crippen LogP contribution in [0, 0.1) is 0 Å². The van der Waals surface area contributed by atoms with Gasteiger partial charge in [-0.25, -0.2) is 9.78 Å². The molecule has 1 rings (SSSR count). The van der Waals surface area contributed by atoms with Gasteiger partial charge in [0, 0.05) is 13.1 Å². The number of nitrogens with zero attached hydrogens (tertiary/aromatic N) is 2. The van der Waals surface area contributed by atoms with Crippen LogP contribution in [0.3, 0.4) is 0 Å². The van der Waals surface area contributed by atoms with Crippen LogP contribution < -0.4 is 0 Å². The van der Waals surface area contributed by atoms with Crippen LogP contribution in [0.25, 0.3) is 0 Å². The summed E-state index contributed by atoms with van der Waals surface area (Å²) in [6, 6.07) is 0. The summed E-state index contributed by atoms with van der Waals surface area (Å²) in [4.78, 5) is 15.3. The molecule has 1 heterocycles. The minimum absolute atomic E-state index is 0.709. The highest BCUT2D eigenvalue weighted by molar-refractivity contribution is 4.65. The van der Waals surface area contributed by atoms with E-state index in [2.05, 4.69) is 23.6 Å². The Hall–Kier alpha value is -0.160. The molecule has 0 N–H and O–H groups in total. The van der Waals surface area contributed by atoms with Crippen molar-refractivity contribution in [3.8, 4) is 0 Å². The molecule has 18 heavy (non-hydrogen) atoms. The van der Waals surface area contributed by atoms with E-state index in [9.17, 15) is 0 Å². The van der Waals surface area contributed by atoms with Gasteiger partial charge in [0.1, 0.15) is 0 Å². The SMILES string of the molecule is CCN(CC)CCCOOCCCN1CCCC1. The van der Waals surface area contributed by atoms with E-state index in [-0.39, 0.29) is 0 Å². The second-order valence-electron chi connectivity index (χ2n) is 4.93. The van der Waals surface area contributed by atoms with E-state index in [1.165, 1.54) is 25.9 Å². The van der Waals surface area contributed by atoms with Crippen molar-refractivity contribution in [3.05, 3.63) is 0 Å². The van der Waals surface area contributed by atoms with Gasteiger partial charge in [-0.05, 0) is 51.9 Å². The Morgan fingerprint density at radius 1 is 0.944 bits per heavy atom. The van der Waals surface area contributed by atoms with Crippen molar-refractivity contribution in [2.45, 2.75) is 39.5 Å². The molecule has 1 aliphatic rings. The number of rotatable bonds is 11. The van der Waals surface area contributed by atoms with Crippen LogP contribution in [0.2, 0.25) is 0 Å². The van der Waals surface area contributed by atoms with E-state index in [1.54, 1.807) is 0 Å². The van der Waals surface area contributed by atoms with Crippen LogP contribution in [0.5, 0.6) is 0 Å². The predicted octanol–water partition coefficient (Wildman–Crippen LogP) is 2.15. The van der Waals surface area contributed by atoms with E-state index in [4.69, 9.17) is 9.78 Å². The third-order valence-corrected chi connectivity index (χ3v) is 3.58. The van der Waals surface area contributed by atoms with E-state index in [1.807, 2.05) is 0 Å². The lowest BCUT2D eigenvalue weighted by Gasteiger charge is -2.17. The zero-order valence-corrected chi connectivity index (χ0v) is 12.2. The van der Waals surface area contributed by atoms with Crippen LogP contribution in [0.1, 0.15) is 39.5 Å². The first kappa shape index (κ1) is 15.9. The van der Waals surface area contributed by atoms with Gasteiger partial charge in [-0.15, -0.1) is 0 Å². The maximum absolute atomic E-state index is 5.20. The van der Waals surface area contributed by atoms with Crippen molar-refractivity contribution in [1.82, 2.24) is 9.80 Å². The minimum atomic E-state index is 0.709. The molecule has 0 saturated carbocycles. The first-order valence-corrected chi connectivity index (χ1v) is 7.56.